The maximum atomic E-state index is 12.6. The summed E-state index contributed by atoms with van der Waals surface area (Å²) in [7, 11) is 0. The van der Waals surface area contributed by atoms with Crippen LogP contribution in [0.2, 0.25) is 0 Å². The molecule has 0 fully saturated rings. The average molecular weight is 330 g/mol. The average Bonchev–Trinajstić information content (AvgIpc) is 2.43. The maximum Gasteiger partial charge on any atom is 0.416 e. The van der Waals surface area contributed by atoms with Gasteiger partial charge < -0.3 is 10.4 Å². The number of pyridine rings is 1. The van der Waals surface area contributed by atoms with Gasteiger partial charge in [0, 0.05) is 16.5 Å². The second kappa shape index (κ2) is 5.84. The van der Waals surface area contributed by atoms with E-state index in [-0.39, 0.29) is 16.0 Å². The molecule has 0 saturated carbocycles. The Morgan fingerprint density at radius 3 is 2.59 bits per heavy atom. The van der Waals surface area contributed by atoms with Crippen molar-refractivity contribution in [3.63, 3.8) is 0 Å². The SMILES string of the molecule is O=C(O)CNC(=O)c1ncc2cc(C(F)(F)F)ccc2c1S. The van der Waals surface area contributed by atoms with E-state index in [1.165, 1.54) is 6.07 Å². The summed E-state index contributed by atoms with van der Waals surface area (Å²) in [5.41, 5.74) is -0.991. The predicted molar refractivity (Wildman–Crippen MR) is 74.0 cm³/mol. The van der Waals surface area contributed by atoms with Gasteiger partial charge in [0.2, 0.25) is 0 Å². The molecule has 0 bridgehead atoms. The number of alkyl halides is 3. The molecule has 0 atom stereocenters. The van der Waals surface area contributed by atoms with Gasteiger partial charge >= 0.3 is 12.1 Å². The Hall–Kier alpha value is -2.29. The van der Waals surface area contributed by atoms with Gasteiger partial charge in [0.25, 0.3) is 5.91 Å². The molecule has 0 unspecified atom stereocenters. The molecule has 5 nitrogen and oxygen atoms in total. The number of nitrogens with zero attached hydrogens (tertiary/aromatic N) is 1. The number of carbonyl (C=O) groups excluding carboxylic acids is 1. The van der Waals surface area contributed by atoms with Gasteiger partial charge in [-0.15, -0.1) is 12.6 Å². The lowest BCUT2D eigenvalue weighted by Gasteiger charge is -2.10. The van der Waals surface area contributed by atoms with Crippen LogP contribution in [-0.2, 0) is 11.0 Å². The number of halogens is 3. The van der Waals surface area contributed by atoms with Crippen LogP contribution in [0.15, 0.2) is 29.3 Å². The first kappa shape index (κ1) is 16.1. The number of hydrogen-bond acceptors (Lipinski definition) is 4. The molecule has 0 aliphatic rings. The number of thiol groups is 1. The molecule has 1 aromatic heterocycles. The predicted octanol–water partition coefficient (Wildman–Crippen LogP) is 2.36. The van der Waals surface area contributed by atoms with Crippen molar-refractivity contribution in [1.29, 1.82) is 0 Å². The van der Waals surface area contributed by atoms with Crippen molar-refractivity contribution in [3.05, 3.63) is 35.7 Å². The van der Waals surface area contributed by atoms with Crippen molar-refractivity contribution in [3.8, 4) is 0 Å². The van der Waals surface area contributed by atoms with Gasteiger partial charge in [0.15, 0.2) is 0 Å². The fourth-order valence-corrected chi connectivity index (χ4v) is 2.15. The molecule has 22 heavy (non-hydrogen) atoms. The van der Waals surface area contributed by atoms with E-state index in [0.29, 0.717) is 5.39 Å². The lowest BCUT2D eigenvalue weighted by molar-refractivity contribution is -0.137. The van der Waals surface area contributed by atoms with Crippen molar-refractivity contribution in [2.75, 3.05) is 6.54 Å². The third-order valence-electron chi connectivity index (χ3n) is 2.81. The van der Waals surface area contributed by atoms with Crippen molar-refractivity contribution in [1.82, 2.24) is 10.3 Å². The van der Waals surface area contributed by atoms with Crippen LogP contribution in [0.1, 0.15) is 16.1 Å². The van der Waals surface area contributed by atoms with Crippen LogP contribution in [0.5, 0.6) is 0 Å². The number of aromatic nitrogens is 1. The molecule has 0 aliphatic heterocycles. The zero-order valence-electron chi connectivity index (χ0n) is 10.8. The zero-order valence-corrected chi connectivity index (χ0v) is 11.7. The van der Waals surface area contributed by atoms with Gasteiger partial charge in [0.05, 0.1) is 5.56 Å². The van der Waals surface area contributed by atoms with Crippen LogP contribution >= 0.6 is 12.6 Å². The molecule has 1 amide bonds. The van der Waals surface area contributed by atoms with Crippen molar-refractivity contribution in [2.24, 2.45) is 0 Å². The number of benzene rings is 1. The molecule has 9 heteroatoms. The number of carboxylic acid groups (broad SMARTS) is 1. The largest absolute Gasteiger partial charge is 0.480 e. The Bertz CT molecular complexity index is 762. The lowest BCUT2D eigenvalue weighted by Crippen LogP contribution is -2.30. The van der Waals surface area contributed by atoms with E-state index >= 15 is 0 Å². The quantitative estimate of drug-likeness (QED) is 0.755. The van der Waals surface area contributed by atoms with E-state index in [0.717, 1.165) is 18.3 Å². The minimum Gasteiger partial charge on any atom is -0.480 e. The highest BCUT2D eigenvalue weighted by atomic mass is 32.1. The van der Waals surface area contributed by atoms with Crippen LogP contribution in [-0.4, -0.2) is 28.5 Å². The summed E-state index contributed by atoms with van der Waals surface area (Å²) >= 11 is 4.10. The molecule has 116 valence electrons. The smallest absolute Gasteiger partial charge is 0.416 e. The van der Waals surface area contributed by atoms with Crippen LogP contribution in [0, 0.1) is 0 Å². The van der Waals surface area contributed by atoms with Gasteiger partial charge in [-0.1, -0.05) is 6.07 Å². The van der Waals surface area contributed by atoms with E-state index in [4.69, 9.17) is 5.11 Å². The first-order valence-corrected chi connectivity index (χ1v) is 6.34. The highest BCUT2D eigenvalue weighted by molar-refractivity contribution is 7.80. The molecule has 2 aromatic rings. The zero-order chi connectivity index (χ0) is 16.5. The number of hydrogen-bond donors (Lipinski definition) is 3. The molecule has 0 aliphatic carbocycles. The number of nitrogens with one attached hydrogen (secondary N) is 1. The fraction of sp³-hybridized carbons (Fsp3) is 0.154. The number of aliphatic carboxylic acids is 1. The Morgan fingerprint density at radius 2 is 2.00 bits per heavy atom. The molecule has 1 heterocycles. The third kappa shape index (κ3) is 3.30. The molecular weight excluding hydrogens is 321 g/mol. The topological polar surface area (TPSA) is 79.3 Å². The summed E-state index contributed by atoms with van der Waals surface area (Å²) in [5.74, 6) is -2.00. The summed E-state index contributed by atoms with van der Waals surface area (Å²) < 4.78 is 37.9. The second-order valence-corrected chi connectivity index (χ2v) is 4.78. The number of fused-ring (bicyclic) bond motifs is 1. The van der Waals surface area contributed by atoms with E-state index in [9.17, 15) is 22.8 Å². The molecule has 0 radical (unpaired) electrons. The molecule has 2 rings (SSSR count). The van der Waals surface area contributed by atoms with Crippen molar-refractivity contribution < 1.29 is 27.9 Å². The fourth-order valence-electron chi connectivity index (χ4n) is 1.79. The Kier molecular flexibility index (Phi) is 4.27. The van der Waals surface area contributed by atoms with Gasteiger partial charge in [0.1, 0.15) is 12.2 Å². The first-order chi connectivity index (χ1) is 10.2. The van der Waals surface area contributed by atoms with Crippen molar-refractivity contribution >= 4 is 35.3 Å². The Morgan fingerprint density at radius 1 is 1.32 bits per heavy atom. The molecule has 0 saturated heterocycles. The van der Waals surface area contributed by atoms with Crippen LogP contribution in [0.25, 0.3) is 10.8 Å². The van der Waals surface area contributed by atoms with E-state index in [2.05, 4.69) is 22.9 Å². The van der Waals surface area contributed by atoms with Gasteiger partial charge in [-0.05, 0) is 17.5 Å². The summed E-state index contributed by atoms with van der Waals surface area (Å²) in [4.78, 5) is 26.0. The minimum atomic E-state index is -4.48. The highest BCUT2D eigenvalue weighted by Crippen LogP contribution is 2.33. The van der Waals surface area contributed by atoms with E-state index < -0.39 is 30.2 Å². The number of rotatable bonds is 3. The normalized spacial score (nSPS) is 11.5. The summed E-state index contributed by atoms with van der Waals surface area (Å²) in [6.45, 7) is -0.598. The highest BCUT2D eigenvalue weighted by Gasteiger charge is 2.30. The Labute approximate surface area is 127 Å². The van der Waals surface area contributed by atoms with Crippen LogP contribution < -0.4 is 5.32 Å². The second-order valence-electron chi connectivity index (χ2n) is 4.33. The minimum absolute atomic E-state index is 0.0779. The van der Waals surface area contributed by atoms with E-state index in [1.807, 2.05) is 0 Å². The molecule has 0 spiro atoms. The molecule has 1 aromatic carbocycles. The van der Waals surface area contributed by atoms with Gasteiger partial charge in [-0.2, -0.15) is 13.2 Å². The monoisotopic (exact) mass is 330 g/mol. The number of amides is 1. The third-order valence-corrected chi connectivity index (χ3v) is 3.26. The molecular formula is C13H9F3N2O3S. The first-order valence-electron chi connectivity index (χ1n) is 5.89. The van der Waals surface area contributed by atoms with E-state index in [1.54, 1.807) is 0 Å². The number of carbonyl (C=O) groups is 2. The summed E-state index contributed by atoms with van der Waals surface area (Å²) in [5, 5.41) is 11.1. The molecule has 2 N–H and O–H groups in total. The summed E-state index contributed by atoms with van der Waals surface area (Å²) in [6.07, 6.45) is -3.37. The van der Waals surface area contributed by atoms with Gasteiger partial charge in [-0.3, -0.25) is 9.59 Å². The lowest BCUT2D eigenvalue weighted by atomic mass is 10.1. The number of carboxylic acids is 1. The van der Waals surface area contributed by atoms with Crippen LogP contribution in [0.3, 0.4) is 0 Å². The Balaban J connectivity index is 2.42. The van der Waals surface area contributed by atoms with Crippen LogP contribution in [0.4, 0.5) is 13.2 Å². The summed E-state index contributed by atoms with van der Waals surface area (Å²) in [6, 6.07) is 2.97. The standard InChI is InChI=1S/C13H9F3N2O3S/c14-13(15,16)7-1-2-8-6(3-7)4-17-10(11(8)22)12(21)18-5-9(19)20/h1-4,22H,5H2,(H,18,21)(H,19,20). The maximum absolute atomic E-state index is 12.6. The van der Waals surface area contributed by atoms with Gasteiger partial charge in [-0.25, -0.2) is 4.98 Å². The van der Waals surface area contributed by atoms with Crippen molar-refractivity contribution in [2.45, 2.75) is 11.1 Å².